The van der Waals surface area contributed by atoms with E-state index in [4.69, 9.17) is 15.3 Å². The molecule has 3 nitrogen and oxygen atoms in total. The molecule has 70 valence electrons. The van der Waals surface area contributed by atoms with Crippen LogP contribution in [0, 0.1) is 12.3 Å². The third kappa shape index (κ3) is 2.21. The van der Waals surface area contributed by atoms with Crippen LogP contribution >= 0.6 is 0 Å². The lowest BCUT2D eigenvalue weighted by molar-refractivity contribution is 0.325. The second-order valence-corrected chi connectivity index (χ2v) is 2.76. The zero-order valence-electron chi connectivity index (χ0n) is 7.79. The van der Waals surface area contributed by atoms with E-state index in [0.717, 1.165) is 11.1 Å². The fourth-order valence-corrected chi connectivity index (χ4v) is 1.12. The van der Waals surface area contributed by atoms with Gasteiger partial charge < -0.3 is 9.84 Å². The van der Waals surface area contributed by atoms with Crippen LogP contribution in [0.25, 0.3) is 0 Å². The lowest BCUT2D eigenvalue weighted by Crippen LogP contribution is -2.06. The summed E-state index contributed by atoms with van der Waals surface area (Å²) < 4.78 is 5.05. The average molecular weight is 179 g/mol. The molecule has 13 heavy (non-hydrogen) atoms. The van der Waals surface area contributed by atoms with E-state index in [-0.39, 0.29) is 11.6 Å². The first kappa shape index (κ1) is 9.58. The molecule has 0 atom stereocenters. The quantitative estimate of drug-likeness (QED) is 0.539. The van der Waals surface area contributed by atoms with E-state index in [9.17, 15) is 0 Å². The minimum atomic E-state index is 0.153. The predicted molar refractivity (Wildman–Crippen MR) is 51.3 cm³/mol. The molecule has 0 fully saturated rings. The monoisotopic (exact) mass is 179 g/mol. The highest BCUT2D eigenvalue weighted by atomic mass is 16.5. The van der Waals surface area contributed by atoms with Crippen LogP contribution in [0.4, 0.5) is 0 Å². The summed E-state index contributed by atoms with van der Waals surface area (Å²) in [6.45, 7) is 4.16. The number of phenols is 1. The van der Waals surface area contributed by atoms with Crippen LogP contribution in [0.15, 0.2) is 18.2 Å². The number of phenolic OH excluding ortho intramolecular Hbond substituents is 1. The first-order chi connectivity index (χ1) is 6.15. The minimum absolute atomic E-state index is 0.153. The Labute approximate surface area is 77.5 Å². The normalized spacial score (nSPS) is 9.69. The Morgan fingerprint density at radius 3 is 2.77 bits per heavy atom. The van der Waals surface area contributed by atoms with Gasteiger partial charge in [0, 0.05) is 5.56 Å². The molecule has 0 aromatic heterocycles. The molecule has 1 aromatic rings. The summed E-state index contributed by atoms with van der Waals surface area (Å²) in [5, 5.41) is 16.7. The molecule has 2 N–H and O–H groups in total. The molecule has 0 aliphatic carbocycles. The maximum atomic E-state index is 9.14. The molecule has 1 aromatic carbocycles. The highest BCUT2D eigenvalue weighted by molar-refractivity contribution is 5.93. The average Bonchev–Trinajstić information content (AvgIpc) is 2.04. The van der Waals surface area contributed by atoms with E-state index in [0.29, 0.717) is 6.61 Å². The number of hydrogen-bond donors (Lipinski definition) is 2. The zero-order chi connectivity index (χ0) is 9.84. The number of rotatable bonds is 2. The van der Waals surface area contributed by atoms with Crippen molar-refractivity contribution in [2.45, 2.75) is 13.8 Å². The molecule has 0 spiro atoms. The Bertz CT molecular complexity index is 321. The van der Waals surface area contributed by atoms with Crippen LogP contribution in [0.1, 0.15) is 18.1 Å². The van der Waals surface area contributed by atoms with Crippen molar-refractivity contribution in [3.05, 3.63) is 29.3 Å². The van der Waals surface area contributed by atoms with Gasteiger partial charge in [-0.05, 0) is 37.6 Å². The van der Waals surface area contributed by atoms with Gasteiger partial charge in [0.05, 0.1) is 6.61 Å². The predicted octanol–water partition coefficient (Wildman–Crippen LogP) is 2.06. The fraction of sp³-hybridized carbons (Fsp3) is 0.300. The van der Waals surface area contributed by atoms with Crippen molar-refractivity contribution < 1.29 is 9.84 Å². The summed E-state index contributed by atoms with van der Waals surface area (Å²) in [6, 6.07) is 4.85. The summed E-state index contributed by atoms with van der Waals surface area (Å²) in [6.07, 6.45) is 0. The third-order valence-corrected chi connectivity index (χ3v) is 1.74. The second kappa shape index (κ2) is 3.94. The second-order valence-electron chi connectivity index (χ2n) is 2.76. The van der Waals surface area contributed by atoms with Gasteiger partial charge in [-0.25, -0.2) is 0 Å². The Balaban J connectivity index is 2.95. The zero-order valence-corrected chi connectivity index (χ0v) is 7.79. The molecule has 3 heteroatoms. The number of aromatic hydroxyl groups is 1. The molecule has 0 aliphatic heterocycles. The smallest absolute Gasteiger partial charge is 0.213 e. The van der Waals surface area contributed by atoms with Crippen LogP contribution in [-0.4, -0.2) is 17.6 Å². The van der Waals surface area contributed by atoms with Gasteiger partial charge in [0.15, 0.2) is 0 Å². The molecule has 0 saturated carbocycles. The SMILES string of the molecule is CCOC(=N)c1ccc(O)cc1C. The number of ether oxygens (including phenoxy) is 1. The molecule has 0 bridgehead atoms. The molecule has 0 unspecified atom stereocenters. The highest BCUT2D eigenvalue weighted by Crippen LogP contribution is 2.16. The van der Waals surface area contributed by atoms with E-state index in [2.05, 4.69) is 0 Å². The minimum Gasteiger partial charge on any atom is -0.508 e. The molecule has 0 amide bonds. The van der Waals surface area contributed by atoms with E-state index in [1.54, 1.807) is 18.2 Å². The van der Waals surface area contributed by atoms with E-state index < -0.39 is 0 Å². The largest absolute Gasteiger partial charge is 0.508 e. The Kier molecular flexibility index (Phi) is 2.90. The van der Waals surface area contributed by atoms with Gasteiger partial charge in [0.1, 0.15) is 5.75 Å². The topological polar surface area (TPSA) is 53.3 Å². The van der Waals surface area contributed by atoms with Gasteiger partial charge in [-0.1, -0.05) is 0 Å². The first-order valence-corrected chi connectivity index (χ1v) is 4.16. The van der Waals surface area contributed by atoms with E-state index in [1.165, 1.54) is 0 Å². The van der Waals surface area contributed by atoms with Crippen LogP contribution in [-0.2, 0) is 4.74 Å². The van der Waals surface area contributed by atoms with Crippen molar-refractivity contribution >= 4 is 5.90 Å². The Morgan fingerprint density at radius 2 is 2.23 bits per heavy atom. The molecule has 0 aliphatic rings. The Hall–Kier alpha value is -1.51. The summed E-state index contributed by atoms with van der Waals surface area (Å²) >= 11 is 0. The number of aryl methyl sites for hydroxylation is 1. The van der Waals surface area contributed by atoms with Crippen molar-refractivity contribution in [1.82, 2.24) is 0 Å². The molecule has 0 saturated heterocycles. The molecule has 1 rings (SSSR count). The van der Waals surface area contributed by atoms with Gasteiger partial charge >= 0.3 is 0 Å². The molecule has 0 heterocycles. The Morgan fingerprint density at radius 1 is 1.54 bits per heavy atom. The first-order valence-electron chi connectivity index (χ1n) is 4.16. The molecular formula is C10H13NO2. The number of nitrogens with one attached hydrogen (secondary N) is 1. The van der Waals surface area contributed by atoms with Gasteiger partial charge in [0.2, 0.25) is 5.90 Å². The van der Waals surface area contributed by atoms with Crippen molar-refractivity contribution in [3.63, 3.8) is 0 Å². The summed E-state index contributed by atoms with van der Waals surface area (Å²) in [4.78, 5) is 0. The molecule has 0 radical (unpaired) electrons. The lowest BCUT2D eigenvalue weighted by Gasteiger charge is -2.07. The third-order valence-electron chi connectivity index (χ3n) is 1.74. The van der Waals surface area contributed by atoms with E-state index in [1.807, 2.05) is 13.8 Å². The lowest BCUT2D eigenvalue weighted by atomic mass is 10.1. The van der Waals surface area contributed by atoms with Gasteiger partial charge in [-0.2, -0.15) is 0 Å². The number of hydrogen-bond acceptors (Lipinski definition) is 3. The summed E-state index contributed by atoms with van der Waals surface area (Å²) in [5.74, 6) is 0.366. The van der Waals surface area contributed by atoms with Crippen LogP contribution < -0.4 is 0 Å². The van der Waals surface area contributed by atoms with Crippen molar-refractivity contribution in [3.8, 4) is 5.75 Å². The van der Waals surface area contributed by atoms with Crippen molar-refractivity contribution in [2.24, 2.45) is 0 Å². The number of benzene rings is 1. The van der Waals surface area contributed by atoms with E-state index >= 15 is 0 Å². The summed E-state index contributed by atoms with van der Waals surface area (Å²) in [5.41, 5.74) is 1.57. The highest BCUT2D eigenvalue weighted by Gasteiger charge is 2.05. The fourth-order valence-electron chi connectivity index (χ4n) is 1.12. The van der Waals surface area contributed by atoms with Crippen LogP contribution in [0.2, 0.25) is 0 Å². The van der Waals surface area contributed by atoms with Crippen molar-refractivity contribution in [1.29, 1.82) is 5.41 Å². The van der Waals surface area contributed by atoms with Crippen molar-refractivity contribution in [2.75, 3.05) is 6.61 Å². The molecular weight excluding hydrogens is 166 g/mol. The van der Waals surface area contributed by atoms with Crippen LogP contribution in [0.5, 0.6) is 5.75 Å². The maximum Gasteiger partial charge on any atom is 0.213 e. The summed E-state index contributed by atoms with van der Waals surface area (Å²) in [7, 11) is 0. The van der Waals surface area contributed by atoms with Gasteiger partial charge in [-0.15, -0.1) is 0 Å². The standard InChI is InChI=1S/C10H13NO2/c1-3-13-10(11)9-5-4-8(12)6-7(9)2/h4-6,11-12H,3H2,1-2H3. The van der Waals surface area contributed by atoms with Crippen LogP contribution in [0.3, 0.4) is 0 Å². The maximum absolute atomic E-state index is 9.14. The van der Waals surface area contributed by atoms with Gasteiger partial charge in [-0.3, -0.25) is 5.41 Å². The van der Waals surface area contributed by atoms with Gasteiger partial charge in [0.25, 0.3) is 0 Å².